The fraction of sp³-hybridized carbons (Fsp3) is 0.364. The molecule has 0 bridgehead atoms. The minimum Gasteiger partial charge on any atom is -0.450 e. The van der Waals surface area contributed by atoms with E-state index in [0.29, 0.717) is 11.7 Å². The van der Waals surface area contributed by atoms with Gasteiger partial charge in [0, 0.05) is 47.9 Å². The van der Waals surface area contributed by atoms with E-state index in [0.717, 1.165) is 54.6 Å². The SMILES string of the molecule is CCOC(=O)NC(=S)N1CCC2(CCn3nc(-c4cnc5ccccc5c4)cc32)C1. The van der Waals surface area contributed by atoms with Gasteiger partial charge in [-0.15, -0.1) is 0 Å². The van der Waals surface area contributed by atoms with E-state index in [2.05, 4.69) is 38.1 Å². The fourth-order valence-electron chi connectivity index (χ4n) is 4.61. The average molecular weight is 422 g/mol. The molecule has 0 aliphatic carbocycles. The Kier molecular flexibility index (Phi) is 4.66. The molecule has 4 heterocycles. The summed E-state index contributed by atoms with van der Waals surface area (Å²) < 4.78 is 7.06. The van der Waals surface area contributed by atoms with Crippen molar-refractivity contribution >= 4 is 34.3 Å². The number of fused-ring (bicyclic) bond motifs is 3. The zero-order valence-electron chi connectivity index (χ0n) is 16.8. The number of benzene rings is 1. The van der Waals surface area contributed by atoms with Crippen LogP contribution in [0.25, 0.3) is 22.2 Å². The highest BCUT2D eigenvalue weighted by atomic mass is 32.1. The number of rotatable bonds is 2. The number of para-hydroxylation sites is 1. The highest BCUT2D eigenvalue weighted by molar-refractivity contribution is 7.80. The monoisotopic (exact) mass is 421 g/mol. The Morgan fingerprint density at radius 1 is 1.27 bits per heavy atom. The number of carbonyl (C=O) groups excluding carboxylic acids is 1. The molecule has 5 rings (SSSR count). The Morgan fingerprint density at radius 3 is 2.97 bits per heavy atom. The highest BCUT2D eigenvalue weighted by Gasteiger charge is 2.46. The number of nitrogens with zero attached hydrogens (tertiary/aromatic N) is 4. The average Bonchev–Trinajstić information content (AvgIpc) is 3.45. The molecule has 1 aromatic carbocycles. The van der Waals surface area contributed by atoms with Gasteiger partial charge in [-0.3, -0.25) is 15.0 Å². The van der Waals surface area contributed by atoms with Crippen LogP contribution in [-0.2, 0) is 16.7 Å². The van der Waals surface area contributed by atoms with E-state index >= 15 is 0 Å². The number of likely N-dealkylation sites (tertiary alicyclic amines) is 1. The minimum absolute atomic E-state index is 0.00985. The van der Waals surface area contributed by atoms with Crippen LogP contribution in [0.4, 0.5) is 4.79 Å². The van der Waals surface area contributed by atoms with Gasteiger partial charge in [0.2, 0.25) is 0 Å². The lowest BCUT2D eigenvalue weighted by Gasteiger charge is -2.24. The van der Waals surface area contributed by atoms with Crippen molar-refractivity contribution in [1.29, 1.82) is 0 Å². The Morgan fingerprint density at radius 2 is 2.10 bits per heavy atom. The van der Waals surface area contributed by atoms with Gasteiger partial charge >= 0.3 is 6.09 Å². The lowest BCUT2D eigenvalue weighted by atomic mass is 9.82. The van der Waals surface area contributed by atoms with Crippen LogP contribution in [0.1, 0.15) is 25.5 Å². The highest BCUT2D eigenvalue weighted by Crippen LogP contribution is 2.43. The zero-order valence-corrected chi connectivity index (χ0v) is 17.6. The maximum Gasteiger partial charge on any atom is 0.413 e. The normalized spacial score (nSPS) is 20.0. The number of nitrogens with one attached hydrogen (secondary N) is 1. The van der Waals surface area contributed by atoms with Gasteiger partial charge in [-0.05, 0) is 50.2 Å². The summed E-state index contributed by atoms with van der Waals surface area (Å²) in [5.41, 5.74) is 4.22. The molecule has 1 amide bonds. The molecule has 8 heteroatoms. The van der Waals surface area contributed by atoms with Gasteiger partial charge in [0.15, 0.2) is 5.11 Å². The number of ether oxygens (including phenoxy) is 1. The van der Waals surface area contributed by atoms with E-state index in [1.807, 2.05) is 24.4 Å². The molecule has 0 saturated carbocycles. The van der Waals surface area contributed by atoms with E-state index in [9.17, 15) is 4.79 Å². The molecular formula is C22H23N5O2S. The maximum atomic E-state index is 11.7. The van der Waals surface area contributed by atoms with Gasteiger partial charge in [-0.1, -0.05) is 18.2 Å². The topological polar surface area (TPSA) is 72.3 Å². The van der Waals surface area contributed by atoms with Crippen molar-refractivity contribution in [1.82, 2.24) is 25.0 Å². The van der Waals surface area contributed by atoms with Crippen LogP contribution in [0.2, 0.25) is 0 Å². The van der Waals surface area contributed by atoms with E-state index in [1.54, 1.807) is 6.92 Å². The number of thiocarbonyl (C=S) groups is 1. The van der Waals surface area contributed by atoms with Crippen molar-refractivity contribution in [2.75, 3.05) is 19.7 Å². The Balaban J connectivity index is 1.38. The zero-order chi connectivity index (χ0) is 20.7. The smallest absolute Gasteiger partial charge is 0.413 e. The fourth-order valence-corrected chi connectivity index (χ4v) is 4.85. The summed E-state index contributed by atoms with van der Waals surface area (Å²) in [5, 5.41) is 9.08. The number of amides is 1. The predicted molar refractivity (Wildman–Crippen MR) is 118 cm³/mol. The third kappa shape index (κ3) is 3.21. The predicted octanol–water partition coefficient (Wildman–Crippen LogP) is 3.48. The van der Waals surface area contributed by atoms with Gasteiger partial charge in [0.1, 0.15) is 0 Å². The van der Waals surface area contributed by atoms with Crippen molar-refractivity contribution < 1.29 is 9.53 Å². The minimum atomic E-state index is -0.494. The molecule has 2 aliphatic rings. The van der Waals surface area contributed by atoms with Crippen LogP contribution in [0.5, 0.6) is 0 Å². The van der Waals surface area contributed by atoms with Gasteiger partial charge in [0.25, 0.3) is 0 Å². The lowest BCUT2D eigenvalue weighted by molar-refractivity contribution is 0.157. The third-order valence-corrected chi connectivity index (χ3v) is 6.50. The number of pyridine rings is 1. The van der Waals surface area contributed by atoms with E-state index in [-0.39, 0.29) is 5.41 Å². The number of hydrogen-bond acceptors (Lipinski definition) is 5. The van der Waals surface area contributed by atoms with Crippen LogP contribution in [0.3, 0.4) is 0 Å². The Hall–Kier alpha value is -3.00. The molecular weight excluding hydrogens is 398 g/mol. The summed E-state index contributed by atoms with van der Waals surface area (Å²) >= 11 is 5.43. The summed E-state index contributed by atoms with van der Waals surface area (Å²) in [4.78, 5) is 18.3. The Labute approximate surface area is 180 Å². The van der Waals surface area contributed by atoms with Crippen LogP contribution in [-0.4, -0.2) is 50.6 Å². The van der Waals surface area contributed by atoms with Crippen LogP contribution in [0.15, 0.2) is 42.6 Å². The van der Waals surface area contributed by atoms with Crippen LogP contribution in [0, 0.1) is 0 Å². The van der Waals surface area contributed by atoms with Crippen molar-refractivity contribution in [2.24, 2.45) is 0 Å². The summed E-state index contributed by atoms with van der Waals surface area (Å²) in [6.07, 6.45) is 3.42. The molecule has 154 valence electrons. The first-order chi connectivity index (χ1) is 14.6. The standard InChI is InChI=1S/C22H23N5O2S/c1-2-29-21(28)24-20(30)26-9-7-22(14-26)8-10-27-19(22)12-18(25-27)16-11-15-5-3-4-6-17(15)23-13-16/h3-6,11-13H,2,7-10,14H2,1H3,(H,24,28,30). The number of aryl methyl sites for hydroxylation is 1. The van der Waals surface area contributed by atoms with E-state index in [4.69, 9.17) is 22.1 Å². The molecule has 1 atom stereocenters. The van der Waals surface area contributed by atoms with E-state index in [1.165, 1.54) is 5.69 Å². The first-order valence-corrected chi connectivity index (χ1v) is 10.6. The number of hydrogen-bond donors (Lipinski definition) is 1. The van der Waals surface area contributed by atoms with Crippen LogP contribution >= 0.6 is 12.2 Å². The largest absolute Gasteiger partial charge is 0.450 e. The summed E-state index contributed by atoms with van der Waals surface area (Å²) in [6.45, 7) is 4.57. The quantitative estimate of drug-likeness (QED) is 0.639. The summed E-state index contributed by atoms with van der Waals surface area (Å²) in [6, 6.07) is 12.5. The number of carbonyl (C=O) groups is 1. The molecule has 1 saturated heterocycles. The van der Waals surface area contributed by atoms with Crippen molar-refractivity contribution in [3.63, 3.8) is 0 Å². The second-order valence-electron chi connectivity index (χ2n) is 7.91. The molecule has 1 spiro atoms. The van der Waals surface area contributed by atoms with Crippen molar-refractivity contribution in [3.8, 4) is 11.3 Å². The molecule has 7 nitrogen and oxygen atoms in total. The number of alkyl carbamates (subject to hydrolysis) is 1. The van der Waals surface area contributed by atoms with E-state index < -0.39 is 6.09 Å². The molecule has 2 aliphatic heterocycles. The summed E-state index contributed by atoms with van der Waals surface area (Å²) in [7, 11) is 0. The second-order valence-corrected chi connectivity index (χ2v) is 8.29. The van der Waals surface area contributed by atoms with Crippen molar-refractivity contribution in [2.45, 2.75) is 31.7 Å². The molecule has 1 fully saturated rings. The van der Waals surface area contributed by atoms with Gasteiger partial charge in [0.05, 0.1) is 17.8 Å². The molecule has 1 N–H and O–H groups in total. The maximum absolute atomic E-state index is 11.7. The van der Waals surface area contributed by atoms with Gasteiger partial charge in [-0.2, -0.15) is 5.10 Å². The molecule has 2 aromatic heterocycles. The van der Waals surface area contributed by atoms with Gasteiger partial charge in [-0.25, -0.2) is 4.79 Å². The first-order valence-electron chi connectivity index (χ1n) is 10.2. The Bertz CT molecular complexity index is 1140. The van der Waals surface area contributed by atoms with Crippen LogP contribution < -0.4 is 5.32 Å². The van der Waals surface area contributed by atoms with Crippen molar-refractivity contribution in [3.05, 3.63) is 48.3 Å². The molecule has 3 aromatic rings. The third-order valence-electron chi connectivity index (χ3n) is 6.14. The molecule has 1 unspecified atom stereocenters. The second kappa shape index (κ2) is 7.36. The summed E-state index contributed by atoms with van der Waals surface area (Å²) in [5.74, 6) is 0. The molecule has 30 heavy (non-hydrogen) atoms. The first kappa shape index (κ1) is 19.0. The lowest BCUT2D eigenvalue weighted by Crippen LogP contribution is -2.43. The molecule has 0 radical (unpaired) electrons. The van der Waals surface area contributed by atoms with Gasteiger partial charge < -0.3 is 9.64 Å². The number of aromatic nitrogens is 3.